The molecule has 1 rings (SSSR count). The molecular weight excluding hydrogens is 194 g/mol. The van der Waals surface area contributed by atoms with Gasteiger partial charge in [-0.25, -0.2) is 0 Å². The van der Waals surface area contributed by atoms with Gasteiger partial charge >= 0.3 is 0 Å². The maximum Gasteiger partial charge on any atom is 0.00669 e. The largest absolute Gasteiger partial charge is 0.314 e. The molecule has 0 radical (unpaired) electrons. The average Bonchev–Trinajstić information content (AvgIpc) is 2.30. The fourth-order valence-corrected chi connectivity index (χ4v) is 3.05. The van der Waals surface area contributed by atoms with Gasteiger partial charge in [0.05, 0.1) is 0 Å². The molecule has 0 aromatic rings. The van der Waals surface area contributed by atoms with E-state index in [4.69, 9.17) is 0 Å². The van der Waals surface area contributed by atoms with Crippen molar-refractivity contribution in [3.8, 4) is 0 Å². The molecule has 1 atom stereocenters. The number of nitrogens with one attached hydrogen (secondary N) is 1. The van der Waals surface area contributed by atoms with Gasteiger partial charge < -0.3 is 5.32 Å². The summed E-state index contributed by atoms with van der Waals surface area (Å²) in [6, 6.07) is 0.703. The molecule has 1 heteroatoms. The Labute approximate surface area is 102 Å². The van der Waals surface area contributed by atoms with E-state index in [1.807, 2.05) is 0 Å². The van der Waals surface area contributed by atoms with Crippen LogP contribution in [0.5, 0.6) is 0 Å². The molecule has 0 saturated heterocycles. The molecule has 1 nitrogen and oxygen atoms in total. The summed E-state index contributed by atoms with van der Waals surface area (Å²) >= 11 is 0. The Hall–Kier alpha value is -0.0400. The quantitative estimate of drug-likeness (QED) is 0.713. The van der Waals surface area contributed by atoms with Crippen molar-refractivity contribution in [3.05, 3.63) is 0 Å². The Bertz CT molecular complexity index is 166. The third-order valence-corrected chi connectivity index (χ3v) is 4.62. The Kier molecular flexibility index (Phi) is 6.41. The summed E-state index contributed by atoms with van der Waals surface area (Å²) in [5, 5.41) is 3.77. The zero-order valence-electron chi connectivity index (χ0n) is 11.8. The summed E-state index contributed by atoms with van der Waals surface area (Å²) in [5.41, 5.74) is 0. The van der Waals surface area contributed by atoms with Crippen LogP contribution in [0.25, 0.3) is 0 Å². The van der Waals surface area contributed by atoms with Crippen LogP contribution < -0.4 is 5.32 Å². The van der Waals surface area contributed by atoms with Crippen molar-refractivity contribution in [1.29, 1.82) is 0 Å². The Morgan fingerprint density at radius 1 is 1.06 bits per heavy atom. The van der Waals surface area contributed by atoms with E-state index < -0.39 is 0 Å². The summed E-state index contributed by atoms with van der Waals surface area (Å²) in [6.07, 6.45) is 8.42. The zero-order valence-corrected chi connectivity index (χ0v) is 11.8. The number of hydrogen-bond acceptors (Lipinski definition) is 1. The maximum atomic E-state index is 3.77. The summed E-state index contributed by atoms with van der Waals surface area (Å²) in [4.78, 5) is 0. The van der Waals surface area contributed by atoms with Crippen LogP contribution in [-0.4, -0.2) is 12.6 Å². The molecule has 1 unspecified atom stereocenters. The topological polar surface area (TPSA) is 12.0 Å². The highest BCUT2D eigenvalue weighted by Gasteiger charge is 2.19. The molecule has 0 aromatic heterocycles. The lowest BCUT2D eigenvalue weighted by atomic mass is 9.83. The molecule has 1 fully saturated rings. The van der Waals surface area contributed by atoms with Crippen LogP contribution >= 0.6 is 0 Å². The molecule has 1 saturated carbocycles. The standard InChI is InChI=1S/C15H31N/c1-5-15(6-2)13(4)16-11-14-9-7-12(3)8-10-14/h12-16H,5-11H2,1-4H3. The van der Waals surface area contributed by atoms with Gasteiger partial charge in [0.25, 0.3) is 0 Å². The van der Waals surface area contributed by atoms with E-state index in [2.05, 4.69) is 33.0 Å². The van der Waals surface area contributed by atoms with Crippen molar-refractivity contribution in [2.75, 3.05) is 6.54 Å². The number of hydrogen-bond donors (Lipinski definition) is 1. The highest BCUT2D eigenvalue weighted by atomic mass is 14.9. The normalized spacial score (nSPS) is 28.3. The van der Waals surface area contributed by atoms with Gasteiger partial charge in [-0.1, -0.05) is 46.5 Å². The van der Waals surface area contributed by atoms with Gasteiger partial charge in [-0.3, -0.25) is 0 Å². The van der Waals surface area contributed by atoms with Crippen molar-refractivity contribution in [1.82, 2.24) is 5.32 Å². The van der Waals surface area contributed by atoms with Crippen LogP contribution in [0.4, 0.5) is 0 Å². The van der Waals surface area contributed by atoms with Crippen LogP contribution in [0, 0.1) is 17.8 Å². The third-order valence-electron chi connectivity index (χ3n) is 4.62. The maximum absolute atomic E-state index is 3.77. The molecule has 1 N–H and O–H groups in total. The third kappa shape index (κ3) is 4.45. The lowest BCUT2D eigenvalue weighted by Gasteiger charge is -2.29. The molecule has 1 aliphatic carbocycles. The van der Waals surface area contributed by atoms with Crippen molar-refractivity contribution >= 4 is 0 Å². The second-order valence-corrected chi connectivity index (χ2v) is 5.90. The second kappa shape index (κ2) is 7.32. The van der Waals surface area contributed by atoms with Gasteiger partial charge in [0.1, 0.15) is 0 Å². The molecular formula is C15H31N. The molecule has 0 heterocycles. The molecule has 96 valence electrons. The first-order valence-corrected chi connectivity index (χ1v) is 7.40. The molecule has 1 aliphatic rings. The summed E-state index contributed by atoms with van der Waals surface area (Å²) in [7, 11) is 0. The summed E-state index contributed by atoms with van der Waals surface area (Å²) in [5.74, 6) is 2.79. The predicted octanol–water partition coefficient (Wildman–Crippen LogP) is 4.23. The van der Waals surface area contributed by atoms with Crippen molar-refractivity contribution in [2.24, 2.45) is 17.8 Å². The van der Waals surface area contributed by atoms with Crippen LogP contribution in [0.1, 0.15) is 66.2 Å². The minimum Gasteiger partial charge on any atom is -0.314 e. The molecule has 0 spiro atoms. The van der Waals surface area contributed by atoms with E-state index in [1.54, 1.807) is 0 Å². The van der Waals surface area contributed by atoms with Gasteiger partial charge in [-0.15, -0.1) is 0 Å². The smallest absolute Gasteiger partial charge is 0.00669 e. The van der Waals surface area contributed by atoms with Gasteiger partial charge in [0.2, 0.25) is 0 Å². The number of rotatable bonds is 6. The van der Waals surface area contributed by atoms with E-state index in [0.717, 1.165) is 17.8 Å². The Morgan fingerprint density at radius 3 is 2.12 bits per heavy atom. The monoisotopic (exact) mass is 225 g/mol. The van der Waals surface area contributed by atoms with Gasteiger partial charge in [-0.05, 0) is 44.1 Å². The van der Waals surface area contributed by atoms with Gasteiger partial charge in [0.15, 0.2) is 0 Å². The predicted molar refractivity (Wildman–Crippen MR) is 72.7 cm³/mol. The molecule has 16 heavy (non-hydrogen) atoms. The first kappa shape index (κ1) is 14.0. The molecule has 0 aliphatic heterocycles. The van der Waals surface area contributed by atoms with Crippen molar-refractivity contribution in [2.45, 2.75) is 72.3 Å². The van der Waals surface area contributed by atoms with Crippen LogP contribution in [0.2, 0.25) is 0 Å². The van der Waals surface area contributed by atoms with Gasteiger partial charge in [0, 0.05) is 6.04 Å². The van der Waals surface area contributed by atoms with E-state index in [0.29, 0.717) is 6.04 Å². The highest BCUT2D eigenvalue weighted by molar-refractivity contribution is 4.75. The van der Waals surface area contributed by atoms with E-state index in [1.165, 1.54) is 45.1 Å². The van der Waals surface area contributed by atoms with Gasteiger partial charge in [-0.2, -0.15) is 0 Å². The Morgan fingerprint density at radius 2 is 1.62 bits per heavy atom. The first-order chi connectivity index (χ1) is 7.67. The minimum atomic E-state index is 0.703. The van der Waals surface area contributed by atoms with Crippen molar-refractivity contribution in [3.63, 3.8) is 0 Å². The molecule has 0 amide bonds. The SMILES string of the molecule is CCC(CC)C(C)NCC1CCC(C)CC1. The second-order valence-electron chi connectivity index (χ2n) is 5.90. The lowest BCUT2D eigenvalue weighted by Crippen LogP contribution is -2.37. The average molecular weight is 225 g/mol. The first-order valence-electron chi connectivity index (χ1n) is 7.40. The Balaban J connectivity index is 2.18. The fourth-order valence-electron chi connectivity index (χ4n) is 3.05. The van der Waals surface area contributed by atoms with Crippen LogP contribution in [0.3, 0.4) is 0 Å². The fraction of sp³-hybridized carbons (Fsp3) is 1.00. The highest BCUT2D eigenvalue weighted by Crippen LogP contribution is 2.28. The van der Waals surface area contributed by atoms with Crippen LogP contribution in [0.15, 0.2) is 0 Å². The molecule has 0 bridgehead atoms. The summed E-state index contributed by atoms with van der Waals surface area (Å²) in [6.45, 7) is 10.6. The molecule has 0 aromatic carbocycles. The zero-order chi connectivity index (χ0) is 12.0. The lowest BCUT2D eigenvalue weighted by molar-refractivity contribution is 0.259. The minimum absolute atomic E-state index is 0.703. The van der Waals surface area contributed by atoms with E-state index in [9.17, 15) is 0 Å². The van der Waals surface area contributed by atoms with E-state index in [-0.39, 0.29) is 0 Å². The summed E-state index contributed by atoms with van der Waals surface area (Å²) < 4.78 is 0. The van der Waals surface area contributed by atoms with E-state index >= 15 is 0 Å². The van der Waals surface area contributed by atoms with Crippen LogP contribution in [-0.2, 0) is 0 Å². The van der Waals surface area contributed by atoms with Crippen molar-refractivity contribution < 1.29 is 0 Å².